The first kappa shape index (κ1) is 14.1. The maximum absolute atomic E-state index is 4.72. The molecule has 21 heavy (non-hydrogen) atoms. The Balaban J connectivity index is 1.90. The van der Waals surface area contributed by atoms with Gasteiger partial charge in [-0.1, -0.05) is 40.2 Å². The number of hydrogen-bond donors (Lipinski definition) is 1. The summed E-state index contributed by atoms with van der Waals surface area (Å²) in [4.78, 5) is 0. The molecule has 0 spiro atoms. The molecule has 0 bridgehead atoms. The van der Waals surface area contributed by atoms with Crippen LogP contribution in [0.1, 0.15) is 18.2 Å². The van der Waals surface area contributed by atoms with Gasteiger partial charge < -0.3 is 5.32 Å². The second-order valence-electron chi connectivity index (χ2n) is 5.09. The zero-order valence-electron chi connectivity index (χ0n) is 12.2. The van der Waals surface area contributed by atoms with Gasteiger partial charge in [0.2, 0.25) is 0 Å². The van der Waals surface area contributed by atoms with Crippen molar-refractivity contribution in [3.8, 4) is 0 Å². The molecule has 3 nitrogen and oxygen atoms in total. The number of para-hydroxylation sites is 1. The van der Waals surface area contributed by atoms with Crippen molar-refractivity contribution in [1.82, 2.24) is 9.78 Å². The molecule has 0 fully saturated rings. The highest BCUT2D eigenvalue weighted by Crippen LogP contribution is 2.23. The molecule has 0 amide bonds. The van der Waals surface area contributed by atoms with Crippen LogP contribution in [-0.2, 0) is 13.1 Å². The minimum Gasteiger partial charge on any atom is -0.379 e. The zero-order valence-corrected chi connectivity index (χ0v) is 13.8. The first-order chi connectivity index (χ1) is 10.2. The largest absolute Gasteiger partial charge is 0.379 e. The lowest BCUT2D eigenvalue weighted by Gasteiger charge is -2.09. The van der Waals surface area contributed by atoms with Crippen LogP contribution in [0, 0.1) is 6.92 Å². The highest BCUT2D eigenvalue weighted by molar-refractivity contribution is 9.10. The summed E-state index contributed by atoms with van der Waals surface area (Å²) in [6.45, 7) is 5.84. The van der Waals surface area contributed by atoms with E-state index in [2.05, 4.69) is 82.2 Å². The molecule has 3 aromatic rings. The number of aromatic nitrogens is 2. The van der Waals surface area contributed by atoms with Crippen molar-refractivity contribution in [3.63, 3.8) is 0 Å². The maximum atomic E-state index is 4.72. The molecule has 0 saturated heterocycles. The van der Waals surface area contributed by atoms with Crippen LogP contribution in [-0.4, -0.2) is 9.78 Å². The topological polar surface area (TPSA) is 29.9 Å². The van der Waals surface area contributed by atoms with E-state index in [9.17, 15) is 0 Å². The number of hydrogen-bond acceptors (Lipinski definition) is 2. The molecule has 1 N–H and O–H groups in total. The van der Waals surface area contributed by atoms with Gasteiger partial charge in [-0.3, -0.25) is 4.68 Å². The maximum Gasteiger partial charge on any atom is 0.0894 e. The lowest BCUT2D eigenvalue weighted by atomic mass is 10.2. The van der Waals surface area contributed by atoms with Crippen molar-refractivity contribution in [2.45, 2.75) is 26.9 Å². The number of anilines is 1. The Labute approximate surface area is 133 Å². The Morgan fingerprint density at radius 2 is 2.00 bits per heavy atom. The highest BCUT2D eigenvalue weighted by atomic mass is 79.9. The molecule has 0 radical (unpaired) electrons. The summed E-state index contributed by atoms with van der Waals surface area (Å²) < 4.78 is 3.14. The van der Waals surface area contributed by atoms with Gasteiger partial charge in [-0.25, -0.2) is 0 Å². The van der Waals surface area contributed by atoms with Crippen LogP contribution < -0.4 is 5.32 Å². The van der Waals surface area contributed by atoms with E-state index in [0.29, 0.717) is 0 Å². The third-order valence-electron chi connectivity index (χ3n) is 3.68. The predicted molar refractivity (Wildman–Crippen MR) is 91.6 cm³/mol. The normalized spacial score (nSPS) is 11.0. The molecule has 2 aromatic carbocycles. The minimum absolute atomic E-state index is 0.727. The molecule has 0 atom stereocenters. The molecule has 0 aliphatic rings. The summed E-state index contributed by atoms with van der Waals surface area (Å²) in [6.07, 6.45) is 0. The molecule has 0 aliphatic heterocycles. The van der Waals surface area contributed by atoms with Gasteiger partial charge in [0, 0.05) is 22.1 Å². The standard InChI is InChI=1S/C17H18BrN3/c1-3-21-17-7-5-4-6-14(17)16(20-21)11-19-15-10-13(18)9-8-12(15)2/h4-10,19H,3,11H2,1-2H3. The molecule has 0 saturated carbocycles. The minimum atomic E-state index is 0.727. The highest BCUT2D eigenvalue weighted by Gasteiger charge is 2.09. The predicted octanol–water partition coefficient (Wildman–Crippen LogP) is 4.74. The van der Waals surface area contributed by atoms with Gasteiger partial charge in [-0.2, -0.15) is 5.10 Å². The van der Waals surface area contributed by atoms with Crippen LogP contribution in [0.4, 0.5) is 5.69 Å². The van der Waals surface area contributed by atoms with Gasteiger partial charge in [0.05, 0.1) is 17.8 Å². The van der Waals surface area contributed by atoms with Crippen LogP contribution in [0.15, 0.2) is 46.9 Å². The van der Waals surface area contributed by atoms with Crippen molar-refractivity contribution < 1.29 is 0 Å². The second kappa shape index (κ2) is 5.90. The average Bonchev–Trinajstić information content (AvgIpc) is 2.86. The van der Waals surface area contributed by atoms with Crippen molar-refractivity contribution in [2.24, 2.45) is 0 Å². The summed E-state index contributed by atoms with van der Waals surface area (Å²) in [5.41, 5.74) is 4.66. The molecule has 108 valence electrons. The zero-order chi connectivity index (χ0) is 14.8. The van der Waals surface area contributed by atoms with Crippen LogP contribution in [0.5, 0.6) is 0 Å². The fourth-order valence-corrected chi connectivity index (χ4v) is 2.89. The SMILES string of the molecule is CCn1nc(CNc2cc(Br)ccc2C)c2ccccc21. The van der Waals surface area contributed by atoms with E-state index in [1.54, 1.807) is 0 Å². The fourth-order valence-electron chi connectivity index (χ4n) is 2.53. The molecule has 4 heteroatoms. The quantitative estimate of drug-likeness (QED) is 0.741. The molecule has 0 aliphatic carbocycles. The van der Waals surface area contributed by atoms with Crippen LogP contribution in [0.3, 0.4) is 0 Å². The number of fused-ring (bicyclic) bond motifs is 1. The summed E-state index contributed by atoms with van der Waals surface area (Å²) in [6, 6.07) is 14.7. The second-order valence-corrected chi connectivity index (χ2v) is 6.01. The summed E-state index contributed by atoms with van der Waals surface area (Å²) >= 11 is 3.52. The first-order valence-electron chi connectivity index (χ1n) is 7.13. The van der Waals surface area contributed by atoms with E-state index in [-0.39, 0.29) is 0 Å². The van der Waals surface area contributed by atoms with Gasteiger partial charge in [0.15, 0.2) is 0 Å². The number of nitrogens with one attached hydrogen (secondary N) is 1. The van der Waals surface area contributed by atoms with Crippen LogP contribution >= 0.6 is 15.9 Å². The third-order valence-corrected chi connectivity index (χ3v) is 4.17. The van der Waals surface area contributed by atoms with E-state index in [1.165, 1.54) is 16.5 Å². The number of aryl methyl sites for hydroxylation is 2. The van der Waals surface area contributed by atoms with Gasteiger partial charge in [0.25, 0.3) is 0 Å². The van der Waals surface area contributed by atoms with E-state index < -0.39 is 0 Å². The smallest absolute Gasteiger partial charge is 0.0894 e. The molecular formula is C17H18BrN3. The third kappa shape index (κ3) is 2.81. The fraction of sp³-hybridized carbons (Fsp3) is 0.235. The van der Waals surface area contributed by atoms with E-state index in [0.717, 1.165) is 28.9 Å². The van der Waals surface area contributed by atoms with Crippen molar-refractivity contribution in [2.75, 3.05) is 5.32 Å². The van der Waals surface area contributed by atoms with Gasteiger partial charge in [-0.05, 0) is 37.6 Å². The summed E-state index contributed by atoms with van der Waals surface area (Å²) in [5.74, 6) is 0. The number of rotatable bonds is 4. The number of halogens is 1. The van der Waals surface area contributed by atoms with Gasteiger partial charge in [-0.15, -0.1) is 0 Å². The molecular weight excluding hydrogens is 326 g/mol. The summed E-state index contributed by atoms with van der Waals surface area (Å²) in [5, 5.41) is 9.43. The molecule has 1 aromatic heterocycles. The Bertz CT molecular complexity index is 777. The van der Waals surface area contributed by atoms with E-state index in [4.69, 9.17) is 5.10 Å². The lowest BCUT2D eigenvalue weighted by Crippen LogP contribution is -2.03. The molecule has 0 unspecified atom stereocenters. The Morgan fingerprint density at radius 3 is 2.81 bits per heavy atom. The Hall–Kier alpha value is -1.81. The van der Waals surface area contributed by atoms with E-state index >= 15 is 0 Å². The van der Waals surface area contributed by atoms with Crippen LogP contribution in [0.2, 0.25) is 0 Å². The average molecular weight is 344 g/mol. The number of nitrogens with zero attached hydrogens (tertiary/aromatic N) is 2. The monoisotopic (exact) mass is 343 g/mol. The van der Waals surface area contributed by atoms with Gasteiger partial charge >= 0.3 is 0 Å². The van der Waals surface area contributed by atoms with E-state index in [1.807, 2.05) is 0 Å². The molecule has 1 heterocycles. The Morgan fingerprint density at radius 1 is 1.19 bits per heavy atom. The van der Waals surface area contributed by atoms with Crippen LogP contribution in [0.25, 0.3) is 10.9 Å². The summed E-state index contributed by atoms with van der Waals surface area (Å²) in [7, 11) is 0. The first-order valence-corrected chi connectivity index (χ1v) is 7.93. The van der Waals surface area contributed by atoms with Crippen molar-refractivity contribution >= 4 is 32.5 Å². The Kier molecular flexibility index (Phi) is 3.97. The molecule has 3 rings (SSSR count). The number of benzene rings is 2. The van der Waals surface area contributed by atoms with Crippen molar-refractivity contribution in [1.29, 1.82) is 0 Å². The lowest BCUT2D eigenvalue weighted by molar-refractivity contribution is 0.671. The van der Waals surface area contributed by atoms with Crippen molar-refractivity contribution in [3.05, 3.63) is 58.2 Å². The van der Waals surface area contributed by atoms with Gasteiger partial charge in [0.1, 0.15) is 0 Å².